The molecular weight excluding hydrogens is 372 g/mol. The number of aromatic nitrogens is 4. The molecule has 1 aliphatic rings. The molecule has 8 heteroatoms. The number of amides is 1. The Morgan fingerprint density at radius 1 is 1.18 bits per heavy atom. The second kappa shape index (κ2) is 7.89. The predicted molar refractivity (Wildman–Crippen MR) is 111 cm³/mol. The average molecular weight is 397 g/mol. The van der Waals surface area contributed by atoms with Crippen molar-refractivity contribution in [1.82, 2.24) is 25.1 Å². The van der Waals surface area contributed by atoms with Crippen molar-refractivity contribution in [3.05, 3.63) is 29.4 Å². The number of carbonyl (C=O) groups excluding carboxylic acids is 1. The first-order chi connectivity index (χ1) is 13.5. The Morgan fingerprint density at radius 3 is 2.64 bits per heavy atom. The van der Waals surface area contributed by atoms with Crippen LogP contribution >= 0.6 is 11.3 Å². The maximum atomic E-state index is 12.6. The highest BCUT2D eigenvalue weighted by atomic mass is 32.1. The van der Waals surface area contributed by atoms with Crippen molar-refractivity contribution in [2.75, 3.05) is 19.4 Å². The molecule has 2 heterocycles. The zero-order valence-electron chi connectivity index (χ0n) is 16.3. The molecule has 7 nitrogen and oxygen atoms in total. The Bertz CT molecular complexity index is 993. The highest BCUT2D eigenvalue weighted by Gasteiger charge is 2.27. The van der Waals surface area contributed by atoms with Crippen molar-refractivity contribution < 1.29 is 4.79 Å². The second-order valence-corrected chi connectivity index (χ2v) is 8.73. The minimum atomic E-state index is 0.0208. The van der Waals surface area contributed by atoms with Gasteiger partial charge < -0.3 is 4.90 Å². The maximum Gasteiger partial charge on any atom is 0.229 e. The minimum absolute atomic E-state index is 0.0208. The summed E-state index contributed by atoms with van der Waals surface area (Å²) in [5, 5.41) is 13.9. The van der Waals surface area contributed by atoms with Crippen molar-refractivity contribution in [3.63, 3.8) is 0 Å². The number of aryl methyl sites for hydroxylation is 1. The number of nitrogens with zero attached hydrogens (tertiary/aromatic N) is 5. The van der Waals surface area contributed by atoms with Crippen LogP contribution in [-0.2, 0) is 4.79 Å². The summed E-state index contributed by atoms with van der Waals surface area (Å²) in [6.45, 7) is 1.93. The van der Waals surface area contributed by atoms with Gasteiger partial charge in [0.05, 0.1) is 5.52 Å². The standard InChI is InChI=1S/C20H24N6OS/c1-12-24-25-19(28-12)14-4-5-15-11-21-20(22-17(15)10-14)23-18(27)13-6-8-16(9-7-13)26(2)3/h4-5,10-11,13,16H,6-9H2,1-3H3,(H,21,22,23,27)/t13-,16-. The number of anilines is 1. The Labute approximate surface area is 168 Å². The summed E-state index contributed by atoms with van der Waals surface area (Å²) in [5.74, 6) is 0.413. The summed E-state index contributed by atoms with van der Waals surface area (Å²) in [6.07, 6.45) is 5.66. The van der Waals surface area contributed by atoms with Gasteiger partial charge in [-0.1, -0.05) is 23.5 Å². The molecule has 0 radical (unpaired) electrons. The van der Waals surface area contributed by atoms with Gasteiger partial charge in [0.2, 0.25) is 11.9 Å². The van der Waals surface area contributed by atoms with E-state index in [4.69, 9.17) is 0 Å². The summed E-state index contributed by atoms with van der Waals surface area (Å²) in [7, 11) is 4.21. The molecule has 0 aliphatic heterocycles. The van der Waals surface area contributed by atoms with Crippen LogP contribution in [0.1, 0.15) is 30.7 Å². The van der Waals surface area contributed by atoms with E-state index in [9.17, 15) is 4.79 Å². The molecule has 0 atom stereocenters. The van der Waals surface area contributed by atoms with Gasteiger partial charge >= 0.3 is 0 Å². The largest absolute Gasteiger partial charge is 0.306 e. The first kappa shape index (κ1) is 18.9. The number of nitrogens with one attached hydrogen (secondary N) is 1. The van der Waals surface area contributed by atoms with E-state index in [2.05, 4.69) is 44.5 Å². The third-order valence-electron chi connectivity index (χ3n) is 5.39. The van der Waals surface area contributed by atoms with E-state index >= 15 is 0 Å². The molecule has 1 N–H and O–H groups in total. The topological polar surface area (TPSA) is 83.9 Å². The van der Waals surface area contributed by atoms with Crippen molar-refractivity contribution >= 4 is 34.1 Å². The molecule has 2 aromatic heterocycles. The van der Waals surface area contributed by atoms with E-state index in [-0.39, 0.29) is 11.8 Å². The number of carbonyl (C=O) groups is 1. The van der Waals surface area contributed by atoms with Crippen LogP contribution in [0.25, 0.3) is 21.5 Å². The lowest BCUT2D eigenvalue weighted by Gasteiger charge is -2.31. The molecule has 1 fully saturated rings. The number of hydrogen-bond acceptors (Lipinski definition) is 7. The van der Waals surface area contributed by atoms with Crippen LogP contribution in [0.2, 0.25) is 0 Å². The van der Waals surface area contributed by atoms with E-state index in [0.717, 1.165) is 52.2 Å². The quantitative estimate of drug-likeness (QED) is 0.726. The van der Waals surface area contributed by atoms with Crippen molar-refractivity contribution in [1.29, 1.82) is 0 Å². The SMILES string of the molecule is Cc1nnc(-c2ccc3cnc(NC(=O)[C@H]4CC[C@H](N(C)C)CC4)nc3c2)s1. The van der Waals surface area contributed by atoms with Crippen molar-refractivity contribution in [3.8, 4) is 10.6 Å². The molecule has 1 aromatic carbocycles. The monoisotopic (exact) mass is 396 g/mol. The fraction of sp³-hybridized carbons (Fsp3) is 0.450. The molecule has 3 aromatic rings. The number of benzene rings is 1. The van der Waals surface area contributed by atoms with Crippen LogP contribution in [0.5, 0.6) is 0 Å². The number of fused-ring (bicyclic) bond motifs is 1. The predicted octanol–water partition coefficient (Wildman–Crippen LogP) is 3.52. The van der Waals surface area contributed by atoms with Gasteiger partial charge in [0.1, 0.15) is 10.0 Å². The molecule has 28 heavy (non-hydrogen) atoms. The molecule has 4 rings (SSSR count). The summed E-state index contributed by atoms with van der Waals surface area (Å²) < 4.78 is 0. The third kappa shape index (κ3) is 4.02. The van der Waals surface area contributed by atoms with Gasteiger partial charge in [0, 0.05) is 29.1 Å². The molecule has 0 bridgehead atoms. The molecule has 146 valence electrons. The van der Waals surface area contributed by atoms with Gasteiger partial charge in [0.15, 0.2) is 0 Å². The van der Waals surface area contributed by atoms with Crippen LogP contribution in [0.4, 0.5) is 5.95 Å². The Hall–Kier alpha value is -2.45. The smallest absolute Gasteiger partial charge is 0.229 e. The number of hydrogen-bond donors (Lipinski definition) is 1. The lowest BCUT2D eigenvalue weighted by molar-refractivity contribution is -0.121. The molecule has 1 aliphatic carbocycles. The van der Waals surface area contributed by atoms with Gasteiger partial charge in [-0.05, 0) is 52.8 Å². The van der Waals surface area contributed by atoms with E-state index in [1.165, 1.54) is 0 Å². The zero-order valence-corrected chi connectivity index (χ0v) is 17.2. The van der Waals surface area contributed by atoms with Gasteiger partial charge in [-0.15, -0.1) is 10.2 Å². The Kier molecular flexibility index (Phi) is 5.32. The van der Waals surface area contributed by atoms with Crippen LogP contribution in [0, 0.1) is 12.8 Å². The zero-order chi connectivity index (χ0) is 19.7. The van der Waals surface area contributed by atoms with E-state index in [1.54, 1.807) is 17.5 Å². The van der Waals surface area contributed by atoms with Crippen LogP contribution < -0.4 is 5.32 Å². The maximum absolute atomic E-state index is 12.6. The van der Waals surface area contributed by atoms with Gasteiger partial charge in [-0.3, -0.25) is 10.1 Å². The van der Waals surface area contributed by atoms with Crippen molar-refractivity contribution in [2.24, 2.45) is 5.92 Å². The van der Waals surface area contributed by atoms with E-state index < -0.39 is 0 Å². The van der Waals surface area contributed by atoms with Crippen molar-refractivity contribution in [2.45, 2.75) is 38.6 Å². The van der Waals surface area contributed by atoms with E-state index in [1.807, 2.05) is 25.1 Å². The highest BCUT2D eigenvalue weighted by molar-refractivity contribution is 7.14. The molecule has 1 saturated carbocycles. The first-order valence-corrected chi connectivity index (χ1v) is 10.4. The number of rotatable bonds is 4. The lowest BCUT2D eigenvalue weighted by atomic mass is 9.85. The van der Waals surface area contributed by atoms with Crippen LogP contribution in [-0.4, -0.2) is 51.1 Å². The summed E-state index contributed by atoms with van der Waals surface area (Å²) in [5.41, 5.74) is 1.75. The highest BCUT2D eigenvalue weighted by Crippen LogP contribution is 2.28. The fourth-order valence-corrected chi connectivity index (χ4v) is 4.38. The molecule has 0 unspecified atom stereocenters. The third-order valence-corrected chi connectivity index (χ3v) is 6.28. The molecule has 0 saturated heterocycles. The molecule has 0 spiro atoms. The Morgan fingerprint density at radius 2 is 1.96 bits per heavy atom. The first-order valence-electron chi connectivity index (χ1n) is 9.54. The summed E-state index contributed by atoms with van der Waals surface area (Å²) in [6, 6.07) is 6.50. The van der Waals surface area contributed by atoms with Gasteiger partial charge in [-0.25, -0.2) is 9.97 Å². The second-order valence-electron chi connectivity index (χ2n) is 7.55. The lowest BCUT2D eigenvalue weighted by Crippen LogP contribution is -2.35. The summed E-state index contributed by atoms with van der Waals surface area (Å²) >= 11 is 1.55. The van der Waals surface area contributed by atoms with Gasteiger partial charge in [-0.2, -0.15) is 0 Å². The molecular formula is C20H24N6OS. The minimum Gasteiger partial charge on any atom is -0.306 e. The normalized spacial score (nSPS) is 19.9. The van der Waals surface area contributed by atoms with E-state index in [0.29, 0.717) is 12.0 Å². The Balaban J connectivity index is 1.49. The van der Waals surface area contributed by atoms with Gasteiger partial charge in [0.25, 0.3) is 0 Å². The fourth-order valence-electron chi connectivity index (χ4n) is 3.70. The molecule has 1 amide bonds. The summed E-state index contributed by atoms with van der Waals surface area (Å²) in [4.78, 5) is 23.8. The van der Waals surface area contributed by atoms with Crippen LogP contribution in [0.15, 0.2) is 24.4 Å². The average Bonchev–Trinajstić information content (AvgIpc) is 3.14. The van der Waals surface area contributed by atoms with Crippen LogP contribution in [0.3, 0.4) is 0 Å².